The van der Waals surface area contributed by atoms with Crippen LogP contribution in [0.3, 0.4) is 0 Å². The molecule has 0 unspecified atom stereocenters. The summed E-state index contributed by atoms with van der Waals surface area (Å²) in [5.41, 5.74) is 7.03. The summed E-state index contributed by atoms with van der Waals surface area (Å²) in [5, 5.41) is 2.25. The number of rotatable bonds is 5. The van der Waals surface area contributed by atoms with Crippen molar-refractivity contribution in [2.24, 2.45) is 0 Å². The number of fused-ring (bicyclic) bond motifs is 3. The summed E-state index contributed by atoms with van der Waals surface area (Å²) in [5.74, 6) is 1.40. The number of nitrogens with zero attached hydrogens (tertiary/aromatic N) is 4. The van der Waals surface area contributed by atoms with E-state index < -0.39 is 11.7 Å². The molecule has 0 saturated heterocycles. The van der Waals surface area contributed by atoms with Crippen molar-refractivity contribution < 1.29 is 13.2 Å². The second kappa shape index (κ2) is 12.4. The van der Waals surface area contributed by atoms with Gasteiger partial charge in [0.05, 0.1) is 16.6 Å². The first-order valence-electron chi connectivity index (χ1n) is 16.8. The molecular formula is C44H33F3N4. The van der Waals surface area contributed by atoms with Crippen molar-refractivity contribution >= 4 is 21.8 Å². The minimum Gasteiger partial charge on any atom is -0.309 e. The van der Waals surface area contributed by atoms with Crippen molar-refractivity contribution in [1.29, 1.82) is 0 Å². The Hall–Kier alpha value is -6.08. The lowest BCUT2D eigenvalue weighted by atomic mass is 9.86. The SMILES string of the molecule is CC(C)(C)c1ccc2c3ccccc3n(-c3ccc(-c4ccc(C(F)(F)F)cc4)c(-c4nc(-c5ccccc5)nc(-c5ccccc5)n4)c3)c2c1. The van der Waals surface area contributed by atoms with Crippen molar-refractivity contribution in [2.75, 3.05) is 0 Å². The van der Waals surface area contributed by atoms with Gasteiger partial charge in [-0.1, -0.05) is 130 Å². The molecule has 0 bridgehead atoms. The fourth-order valence-corrected chi connectivity index (χ4v) is 6.59. The Kier molecular flexibility index (Phi) is 7.79. The van der Waals surface area contributed by atoms with Crippen LogP contribution in [-0.4, -0.2) is 19.5 Å². The van der Waals surface area contributed by atoms with Gasteiger partial charge < -0.3 is 4.57 Å². The molecule has 0 aliphatic heterocycles. The molecule has 7 heteroatoms. The highest BCUT2D eigenvalue weighted by Crippen LogP contribution is 2.40. The molecule has 0 amide bonds. The summed E-state index contributed by atoms with van der Waals surface area (Å²) in [6.45, 7) is 6.61. The number of hydrogen-bond donors (Lipinski definition) is 0. The monoisotopic (exact) mass is 674 g/mol. The number of para-hydroxylation sites is 1. The molecule has 250 valence electrons. The number of benzene rings is 6. The zero-order valence-corrected chi connectivity index (χ0v) is 28.3. The highest BCUT2D eigenvalue weighted by molar-refractivity contribution is 6.09. The average molecular weight is 675 g/mol. The van der Waals surface area contributed by atoms with Gasteiger partial charge in [-0.3, -0.25) is 0 Å². The molecule has 0 spiro atoms. The molecule has 0 aliphatic rings. The largest absolute Gasteiger partial charge is 0.416 e. The van der Waals surface area contributed by atoms with E-state index in [0.717, 1.165) is 50.8 Å². The molecule has 2 heterocycles. The minimum atomic E-state index is -4.45. The van der Waals surface area contributed by atoms with Crippen molar-refractivity contribution in [2.45, 2.75) is 32.4 Å². The lowest BCUT2D eigenvalue weighted by Crippen LogP contribution is -2.10. The highest BCUT2D eigenvalue weighted by Gasteiger charge is 2.30. The maximum Gasteiger partial charge on any atom is 0.416 e. The molecule has 8 aromatic rings. The molecule has 0 atom stereocenters. The first kappa shape index (κ1) is 32.1. The molecule has 0 fully saturated rings. The van der Waals surface area contributed by atoms with Gasteiger partial charge in [-0.05, 0) is 58.5 Å². The van der Waals surface area contributed by atoms with Crippen LogP contribution in [0.4, 0.5) is 13.2 Å². The van der Waals surface area contributed by atoms with E-state index in [1.807, 2.05) is 91.0 Å². The van der Waals surface area contributed by atoms with Gasteiger partial charge in [-0.2, -0.15) is 13.2 Å². The molecule has 2 aromatic heterocycles. The molecule has 0 N–H and O–H groups in total. The van der Waals surface area contributed by atoms with Crippen LogP contribution in [0.1, 0.15) is 31.9 Å². The van der Waals surface area contributed by atoms with E-state index in [0.29, 0.717) is 34.2 Å². The van der Waals surface area contributed by atoms with Crippen LogP contribution in [0.5, 0.6) is 0 Å². The molecule has 0 radical (unpaired) electrons. The van der Waals surface area contributed by atoms with Crippen LogP contribution in [0.2, 0.25) is 0 Å². The topological polar surface area (TPSA) is 43.6 Å². The normalized spacial score (nSPS) is 12.1. The maximum absolute atomic E-state index is 13.6. The molecule has 4 nitrogen and oxygen atoms in total. The van der Waals surface area contributed by atoms with Gasteiger partial charge in [0, 0.05) is 33.2 Å². The third kappa shape index (κ3) is 6.05. The highest BCUT2D eigenvalue weighted by atomic mass is 19.4. The number of hydrogen-bond acceptors (Lipinski definition) is 3. The Balaban J connectivity index is 1.42. The van der Waals surface area contributed by atoms with Gasteiger partial charge in [0.25, 0.3) is 0 Å². The van der Waals surface area contributed by atoms with Crippen LogP contribution < -0.4 is 0 Å². The van der Waals surface area contributed by atoms with Crippen LogP contribution in [0.15, 0.2) is 146 Å². The smallest absolute Gasteiger partial charge is 0.309 e. The molecule has 8 rings (SSSR count). The van der Waals surface area contributed by atoms with Crippen molar-refractivity contribution in [1.82, 2.24) is 19.5 Å². The van der Waals surface area contributed by atoms with Crippen LogP contribution in [0, 0.1) is 0 Å². The predicted octanol–water partition coefficient (Wildman–Crippen LogP) is 12.0. The fourth-order valence-electron chi connectivity index (χ4n) is 6.59. The lowest BCUT2D eigenvalue weighted by Gasteiger charge is -2.20. The van der Waals surface area contributed by atoms with E-state index >= 15 is 0 Å². The predicted molar refractivity (Wildman–Crippen MR) is 200 cm³/mol. The third-order valence-corrected chi connectivity index (χ3v) is 9.26. The van der Waals surface area contributed by atoms with Gasteiger partial charge in [0.15, 0.2) is 17.5 Å². The van der Waals surface area contributed by atoms with Gasteiger partial charge in [0.1, 0.15) is 0 Å². The van der Waals surface area contributed by atoms with Crippen LogP contribution in [0.25, 0.3) is 72.8 Å². The summed E-state index contributed by atoms with van der Waals surface area (Å²) < 4.78 is 43.1. The van der Waals surface area contributed by atoms with Gasteiger partial charge in [0.2, 0.25) is 0 Å². The first-order chi connectivity index (χ1) is 24.5. The zero-order valence-electron chi connectivity index (χ0n) is 28.3. The second-order valence-corrected chi connectivity index (χ2v) is 13.7. The second-order valence-electron chi connectivity index (χ2n) is 13.7. The van der Waals surface area contributed by atoms with E-state index in [1.54, 1.807) is 0 Å². The Morgan fingerprint density at radius 2 is 1.00 bits per heavy atom. The van der Waals surface area contributed by atoms with Crippen LogP contribution in [-0.2, 0) is 11.6 Å². The van der Waals surface area contributed by atoms with Crippen molar-refractivity contribution in [3.63, 3.8) is 0 Å². The van der Waals surface area contributed by atoms with Crippen molar-refractivity contribution in [3.05, 3.63) is 157 Å². The van der Waals surface area contributed by atoms with Crippen LogP contribution >= 0.6 is 0 Å². The average Bonchev–Trinajstić information content (AvgIpc) is 3.48. The summed E-state index contributed by atoms with van der Waals surface area (Å²) in [6.07, 6.45) is -4.45. The zero-order chi connectivity index (χ0) is 35.3. The summed E-state index contributed by atoms with van der Waals surface area (Å²) >= 11 is 0. The summed E-state index contributed by atoms with van der Waals surface area (Å²) in [4.78, 5) is 14.9. The third-order valence-electron chi connectivity index (χ3n) is 9.26. The quantitative estimate of drug-likeness (QED) is 0.182. The number of aromatic nitrogens is 4. The Bertz CT molecular complexity index is 2470. The standard InChI is InChI=1S/C44H33F3N4/c1-43(2,3)32-22-24-36-35-16-10-11-17-38(35)51(39(36)26-32)33-23-25-34(28-18-20-31(21-19-28)44(45,46)47)37(27-33)42-49-40(29-12-6-4-7-13-29)48-41(50-42)30-14-8-5-9-15-30/h4-27H,1-3H3. The van der Waals surface area contributed by atoms with E-state index in [4.69, 9.17) is 15.0 Å². The molecular weight excluding hydrogens is 642 g/mol. The summed E-state index contributed by atoms with van der Waals surface area (Å²) in [7, 11) is 0. The Morgan fingerprint density at radius 3 is 1.61 bits per heavy atom. The number of halogens is 3. The maximum atomic E-state index is 13.6. The number of alkyl halides is 3. The first-order valence-corrected chi connectivity index (χ1v) is 16.8. The van der Waals surface area contributed by atoms with Gasteiger partial charge >= 0.3 is 6.18 Å². The Morgan fingerprint density at radius 1 is 0.451 bits per heavy atom. The minimum absolute atomic E-state index is 0.0698. The molecule has 6 aromatic carbocycles. The van der Waals surface area contributed by atoms with Gasteiger partial charge in [-0.15, -0.1) is 0 Å². The summed E-state index contributed by atoms with van der Waals surface area (Å²) in [6, 6.07) is 45.6. The molecule has 51 heavy (non-hydrogen) atoms. The van der Waals surface area contributed by atoms with E-state index in [1.165, 1.54) is 17.7 Å². The Labute approximate surface area is 293 Å². The lowest BCUT2D eigenvalue weighted by molar-refractivity contribution is -0.137. The van der Waals surface area contributed by atoms with E-state index in [-0.39, 0.29) is 5.41 Å². The fraction of sp³-hybridized carbons (Fsp3) is 0.114. The molecule has 0 saturated carbocycles. The molecule has 0 aliphatic carbocycles. The van der Waals surface area contributed by atoms with E-state index in [9.17, 15) is 13.2 Å². The van der Waals surface area contributed by atoms with E-state index in [2.05, 4.69) is 55.7 Å². The van der Waals surface area contributed by atoms with Gasteiger partial charge in [-0.25, -0.2) is 15.0 Å². The van der Waals surface area contributed by atoms with Crippen molar-refractivity contribution in [3.8, 4) is 51.0 Å².